The molecule has 44 heavy (non-hydrogen) atoms. The molecule has 0 spiro atoms. The third kappa shape index (κ3) is 8.33. The van der Waals surface area contributed by atoms with Crippen LogP contribution in [0.4, 0.5) is 10.1 Å². The molecule has 0 aliphatic heterocycles. The lowest BCUT2D eigenvalue weighted by Gasteiger charge is -2.34. The maximum Gasteiger partial charge on any atom is 0.264 e. The molecule has 0 saturated carbocycles. The first-order valence-electron chi connectivity index (χ1n) is 14.3. The minimum absolute atomic E-state index is 0.0121. The molecule has 4 rings (SSSR count). The number of benzene rings is 4. The first kappa shape index (κ1) is 32.9. The number of anilines is 1. The van der Waals surface area contributed by atoms with Gasteiger partial charge in [0, 0.05) is 29.5 Å². The van der Waals surface area contributed by atoms with Gasteiger partial charge in [0.25, 0.3) is 10.0 Å². The van der Waals surface area contributed by atoms with Gasteiger partial charge in [-0.1, -0.05) is 95.1 Å². The van der Waals surface area contributed by atoms with E-state index in [2.05, 4.69) is 21.2 Å². The maximum absolute atomic E-state index is 15.0. The summed E-state index contributed by atoms with van der Waals surface area (Å²) in [5.74, 6) is -1.60. The zero-order valence-corrected chi connectivity index (χ0v) is 27.0. The molecule has 4 aromatic carbocycles. The van der Waals surface area contributed by atoms with Crippen molar-refractivity contribution in [3.8, 4) is 0 Å². The highest BCUT2D eigenvalue weighted by atomic mass is 79.9. The van der Waals surface area contributed by atoms with Crippen LogP contribution in [0.3, 0.4) is 0 Å². The van der Waals surface area contributed by atoms with E-state index < -0.39 is 40.2 Å². The highest BCUT2D eigenvalue weighted by molar-refractivity contribution is 9.10. The van der Waals surface area contributed by atoms with Crippen LogP contribution >= 0.6 is 15.9 Å². The van der Waals surface area contributed by atoms with Crippen LogP contribution in [-0.4, -0.2) is 44.3 Å². The van der Waals surface area contributed by atoms with Crippen LogP contribution in [-0.2, 0) is 32.6 Å². The van der Waals surface area contributed by atoms with Gasteiger partial charge in [0.05, 0.1) is 10.6 Å². The number of halogens is 2. The van der Waals surface area contributed by atoms with Gasteiger partial charge in [-0.2, -0.15) is 0 Å². The number of aryl methyl sites for hydroxylation is 1. The van der Waals surface area contributed by atoms with Crippen LogP contribution in [0, 0.1) is 12.7 Å². The lowest BCUT2D eigenvalue weighted by Crippen LogP contribution is -2.53. The van der Waals surface area contributed by atoms with E-state index in [-0.39, 0.29) is 29.1 Å². The Kier molecular flexibility index (Phi) is 11.3. The molecule has 0 fully saturated rings. The average Bonchev–Trinajstić information content (AvgIpc) is 3.01. The van der Waals surface area contributed by atoms with E-state index in [0.29, 0.717) is 17.4 Å². The summed E-state index contributed by atoms with van der Waals surface area (Å²) in [5, 5.41) is 2.88. The molecular formula is C34H35BrFN3O4S. The number of rotatable bonds is 13. The first-order chi connectivity index (χ1) is 21.1. The maximum atomic E-state index is 15.0. The molecule has 0 aliphatic carbocycles. The monoisotopic (exact) mass is 679 g/mol. The Morgan fingerprint density at radius 2 is 1.59 bits per heavy atom. The largest absolute Gasteiger partial charge is 0.354 e. The van der Waals surface area contributed by atoms with E-state index in [1.807, 2.05) is 44.2 Å². The van der Waals surface area contributed by atoms with E-state index >= 15 is 0 Å². The predicted octanol–water partition coefficient (Wildman–Crippen LogP) is 6.26. The molecule has 10 heteroatoms. The van der Waals surface area contributed by atoms with Crippen molar-refractivity contribution < 1.29 is 22.4 Å². The quantitative estimate of drug-likeness (QED) is 0.181. The fraction of sp³-hybridized carbons (Fsp3) is 0.235. The molecule has 0 radical (unpaired) electrons. The molecule has 7 nitrogen and oxygen atoms in total. The Morgan fingerprint density at radius 3 is 2.25 bits per heavy atom. The van der Waals surface area contributed by atoms with Crippen molar-refractivity contribution in [1.29, 1.82) is 0 Å². The van der Waals surface area contributed by atoms with Gasteiger partial charge in [0.2, 0.25) is 11.8 Å². The Bertz CT molecular complexity index is 1680. The van der Waals surface area contributed by atoms with E-state index in [0.717, 1.165) is 15.4 Å². The molecule has 4 aromatic rings. The second-order valence-corrected chi connectivity index (χ2v) is 13.2. The number of nitrogens with one attached hydrogen (secondary N) is 1. The van der Waals surface area contributed by atoms with Crippen molar-refractivity contribution in [3.05, 3.63) is 130 Å². The summed E-state index contributed by atoms with van der Waals surface area (Å²) in [4.78, 5) is 29.3. The molecule has 0 aromatic heterocycles. The first-order valence-corrected chi connectivity index (χ1v) is 16.5. The normalized spacial score (nSPS) is 11.9. The van der Waals surface area contributed by atoms with Crippen molar-refractivity contribution >= 4 is 43.5 Å². The molecular weight excluding hydrogens is 645 g/mol. The Morgan fingerprint density at radius 1 is 0.909 bits per heavy atom. The van der Waals surface area contributed by atoms with Crippen LogP contribution < -0.4 is 9.62 Å². The van der Waals surface area contributed by atoms with E-state index in [1.54, 1.807) is 54.6 Å². The number of sulfonamides is 1. The van der Waals surface area contributed by atoms with Crippen molar-refractivity contribution in [1.82, 2.24) is 10.2 Å². The third-order valence-corrected chi connectivity index (χ3v) is 9.38. The number of hydrogen-bond donors (Lipinski definition) is 1. The van der Waals surface area contributed by atoms with Gasteiger partial charge in [0.15, 0.2) is 0 Å². The second kappa shape index (κ2) is 15.1. The molecule has 230 valence electrons. The van der Waals surface area contributed by atoms with E-state index in [4.69, 9.17) is 0 Å². The van der Waals surface area contributed by atoms with Gasteiger partial charge in [-0.3, -0.25) is 13.9 Å². The van der Waals surface area contributed by atoms with Crippen molar-refractivity contribution in [2.75, 3.05) is 17.4 Å². The average molecular weight is 681 g/mol. The van der Waals surface area contributed by atoms with Gasteiger partial charge in [-0.15, -0.1) is 0 Å². The van der Waals surface area contributed by atoms with Crippen LogP contribution in [0.2, 0.25) is 0 Å². The van der Waals surface area contributed by atoms with E-state index in [1.165, 1.54) is 23.1 Å². The third-order valence-electron chi connectivity index (χ3n) is 7.10. The molecule has 0 bridgehead atoms. The Balaban J connectivity index is 1.80. The summed E-state index contributed by atoms with van der Waals surface area (Å²) in [7, 11) is -4.23. The number of amides is 2. The van der Waals surface area contributed by atoms with Gasteiger partial charge >= 0.3 is 0 Å². The molecule has 0 unspecified atom stereocenters. The van der Waals surface area contributed by atoms with Gasteiger partial charge < -0.3 is 10.2 Å². The number of nitrogens with zero attached hydrogens (tertiary/aromatic N) is 2. The van der Waals surface area contributed by atoms with E-state index in [9.17, 15) is 22.4 Å². The SMILES string of the molecule is CCCNC(=O)[C@H](Cc1ccccc1)N(Cc1ccccc1F)C(=O)CN(c1cccc(Br)c1)S(=O)(=O)c1ccc(C)cc1. The molecule has 0 aliphatic rings. The highest BCUT2D eigenvalue weighted by Gasteiger charge is 2.35. The summed E-state index contributed by atoms with van der Waals surface area (Å²) in [6.45, 7) is 3.30. The van der Waals surface area contributed by atoms with Gasteiger partial charge in [-0.25, -0.2) is 12.8 Å². The molecule has 0 heterocycles. The van der Waals surface area contributed by atoms with Crippen LogP contribution in [0.5, 0.6) is 0 Å². The Hall–Kier alpha value is -4.02. The fourth-order valence-electron chi connectivity index (χ4n) is 4.73. The number of carbonyl (C=O) groups is 2. The van der Waals surface area contributed by atoms with Crippen LogP contribution in [0.25, 0.3) is 0 Å². The highest BCUT2D eigenvalue weighted by Crippen LogP contribution is 2.27. The van der Waals surface area contributed by atoms with Crippen LogP contribution in [0.15, 0.2) is 112 Å². The zero-order chi connectivity index (χ0) is 31.7. The van der Waals surface area contributed by atoms with Crippen molar-refractivity contribution in [2.45, 2.75) is 44.2 Å². The summed E-state index contributed by atoms with van der Waals surface area (Å²) in [5.41, 5.74) is 2.14. The summed E-state index contributed by atoms with van der Waals surface area (Å²) in [6, 6.07) is 27.2. The lowest BCUT2D eigenvalue weighted by molar-refractivity contribution is -0.140. The Labute approximate surface area is 266 Å². The van der Waals surface area contributed by atoms with Gasteiger partial charge in [-0.05, 0) is 55.3 Å². The summed E-state index contributed by atoms with van der Waals surface area (Å²) < 4.78 is 44.7. The minimum atomic E-state index is -4.23. The van der Waals surface area contributed by atoms with Gasteiger partial charge in [0.1, 0.15) is 18.4 Å². The predicted molar refractivity (Wildman–Crippen MR) is 174 cm³/mol. The zero-order valence-electron chi connectivity index (χ0n) is 24.6. The number of hydrogen-bond acceptors (Lipinski definition) is 4. The lowest BCUT2D eigenvalue weighted by atomic mass is 10.0. The molecule has 1 atom stereocenters. The number of carbonyl (C=O) groups excluding carboxylic acids is 2. The smallest absolute Gasteiger partial charge is 0.264 e. The molecule has 1 N–H and O–H groups in total. The summed E-state index contributed by atoms with van der Waals surface area (Å²) in [6.07, 6.45) is 0.828. The topological polar surface area (TPSA) is 86.8 Å². The summed E-state index contributed by atoms with van der Waals surface area (Å²) >= 11 is 3.40. The van der Waals surface area contributed by atoms with Crippen molar-refractivity contribution in [3.63, 3.8) is 0 Å². The fourth-order valence-corrected chi connectivity index (χ4v) is 6.52. The van der Waals surface area contributed by atoms with Crippen LogP contribution in [0.1, 0.15) is 30.0 Å². The van der Waals surface area contributed by atoms with Crippen molar-refractivity contribution in [2.24, 2.45) is 0 Å². The second-order valence-electron chi connectivity index (χ2n) is 10.4. The minimum Gasteiger partial charge on any atom is -0.354 e. The standard InChI is InChI=1S/C34H35BrFN3O4S/c1-3-20-37-34(41)32(21-26-10-5-4-6-11-26)38(23-27-12-7-8-15-31(27)36)33(40)24-39(29-14-9-13-28(35)22-29)44(42,43)30-18-16-25(2)17-19-30/h4-19,22,32H,3,20-21,23-24H2,1-2H3,(H,37,41)/t32-/m0/s1. The molecule has 2 amide bonds. The molecule has 0 saturated heterocycles.